The summed E-state index contributed by atoms with van der Waals surface area (Å²) in [6.07, 6.45) is 1.72. The normalized spacial score (nSPS) is 16.7. The van der Waals surface area contributed by atoms with Crippen LogP contribution in [0.15, 0.2) is 47.6 Å². The fraction of sp³-hybridized carbons (Fsp3) is 0.235. The van der Waals surface area contributed by atoms with E-state index in [1.54, 1.807) is 31.4 Å². The van der Waals surface area contributed by atoms with Crippen molar-refractivity contribution >= 4 is 29.3 Å². The van der Waals surface area contributed by atoms with Crippen molar-refractivity contribution in [3.05, 3.63) is 54.0 Å². The van der Waals surface area contributed by atoms with E-state index in [2.05, 4.69) is 10.3 Å². The molecule has 0 spiro atoms. The number of thioether (sulfide) groups is 1. The van der Waals surface area contributed by atoms with Gasteiger partial charge in [-0.25, -0.2) is 9.37 Å². The van der Waals surface area contributed by atoms with Crippen LogP contribution in [0.4, 0.5) is 10.1 Å². The van der Waals surface area contributed by atoms with Gasteiger partial charge < -0.3 is 10.2 Å². The number of hydrogen-bond donors (Lipinski definition) is 1. The summed E-state index contributed by atoms with van der Waals surface area (Å²) in [5.41, 5.74) is 1.43. The average Bonchev–Trinajstić information content (AvgIpc) is 2.58. The molecule has 0 fully saturated rings. The molecule has 1 N–H and O–H groups in total. The molecule has 3 rings (SSSR count). The van der Waals surface area contributed by atoms with Gasteiger partial charge in [0.15, 0.2) is 0 Å². The highest BCUT2D eigenvalue weighted by Gasteiger charge is 2.33. The Morgan fingerprint density at radius 2 is 2.21 bits per heavy atom. The third-order valence-electron chi connectivity index (χ3n) is 3.72. The minimum Gasteiger partial charge on any atom is -0.352 e. The standard InChI is InChI=1S/C17H16FN3O2S/c1-21-13-6-3-7-19-16(13)24-14(17(21)23)9-15(22)20-10-11-4-2-5-12(18)8-11/h2-8,14H,9-10H2,1H3,(H,20,22)/t14-/m1/s1. The number of anilines is 1. The molecule has 2 aromatic rings. The molecule has 0 aliphatic carbocycles. The van der Waals surface area contributed by atoms with Gasteiger partial charge in [-0.15, -0.1) is 0 Å². The van der Waals surface area contributed by atoms with Crippen molar-refractivity contribution in [2.75, 3.05) is 11.9 Å². The number of amides is 2. The third-order valence-corrected chi connectivity index (χ3v) is 4.91. The monoisotopic (exact) mass is 345 g/mol. The van der Waals surface area contributed by atoms with Crippen LogP contribution in [0.2, 0.25) is 0 Å². The molecule has 2 heterocycles. The number of fused-ring (bicyclic) bond motifs is 1. The predicted octanol–water partition coefficient (Wildman–Crippen LogP) is 2.36. The molecule has 2 amide bonds. The fourth-order valence-electron chi connectivity index (χ4n) is 2.47. The molecule has 0 bridgehead atoms. The fourth-order valence-corrected chi connectivity index (χ4v) is 3.68. The molecular weight excluding hydrogens is 329 g/mol. The highest BCUT2D eigenvalue weighted by molar-refractivity contribution is 8.00. The van der Waals surface area contributed by atoms with E-state index in [1.165, 1.54) is 28.8 Å². The predicted molar refractivity (Wildman–Crippen MR) is 90.2 cm³/mol. The smallest absolute Gasteiger partial charge is 0.240 e. The first kappa shape index (κ1) is 16.4. The van der Waals surface area contributed by atoms with Gasteiger partial charge >= 0.3 is 0 Å². The Morgan fingerprint density at radius 3 is 3.00 bits per heavy atom. The van der Waals surface area contributed by atoms with Gasteiger partial charge in [-0.1, -0.05) is 23.9 Å². The highest BCUT2D eigenvalue weighted by Crippen LogP contribution is 2.37. The molecule has 0 saturated carbocycles. The number of pyridine rings is 1. The lowest BCUT2D eigenvalue weighted by molar-refractivity contribution is -0.124. The number of nitrogens with one attached hydrogen (secondary N) is 1. The van der Waals surface area contributed by atoms with E-state index in [0.29, 0.717) is 5.56 Å². The number of nitrogens with zero attached hydrogens (tertiary/aromatic N) is 2. The summed E-state index contributed by atoms with van der Waals surface area (Å²) in [6.45, 7) is 0.229. The Labute approximate surface area is 143 Å². The second-order valence-electron chi connectivity index (χ2n) is 5.44. The topological polar surface area (TPSA) is 62.3 Å². The molecule has 0 unspecified atom stereocenters. The Balaban J connectivity index is 1.61. The van der Waals surface area contributed by atoms with Crippen LogP contribution in [0.3, 0.4) is 0 Å². The largest absolute Gasteiger partial charge is 0.352 e. The van der Waals surface area contributed by atoms with Crippen LogP contribution >= 0.6 is 11.8 Å². The van der Waals surface area contributed by atoms with E-state index >= 15 is 0 Å². The van der Waals surface area contributed by atoms with Crippen LogP contribution in [-0.4, -0.2) is 29.1 Å². The van der Waals surface area contributed by atoms with Gasteiger partial charge in [-0.3, -0.25) is 9.59 Å². The second kappa shape index (κ2) is 7.00. The summed E-state index contributed by atoms with van der Waals surface area (Å²) >= 11 is 1.30. The van der Waals surface area contributed by atoms with Crippen molar-refractivity contribution in [3.8, 4) is 0 Å². The van der Waals surface area contributed by atoms with Crippen molar-refractivity contribution in [1.29, 1.82) is 0 Å². The molecule has 5 nitrogen and oxygen atoms in total. The van der Waals surface area contributed by atoms with Gasteiger partial charge in [0, 0.05) is 26.2 Å². The van der Waals surface area contributed by atoms with E-state index < -0.39 is 5.25 Å². The van der Waals surface area contributed by atoms with E-state index in [-0.39, 0.29) is 30.6 Å². The minimum absolute atomic E-state index is 0.0547. The van der Waals surface area contributed by atoms with Gasteiger partial charge in [-0.05, 0) is 29.8 Å². The third kappa shape index (κ3) is 3.56. The lowest BCUT2D eigenvalue weighted by Crippen LogP contribution is -2.41. The summed E-state index contributed by atoms with van der Waals surface area (Å²) in [7, 11) is 1.68. The Bertz CT molecular complexity index is 784. The van der Waals surface area contributed by atoms with Crippen molar-refractivity contribution < 1.29 is 14.0 Å². The average molecular weight is 345 g/mol. The number of aromatic nitrogens is 1. The lowest BCUT2D eigenvalue weighted by Gasteiger charge is -2.29. The zero-order valence-corrected chi connectivity index (χ0v) is 13.8. The molecular formula is C17H16FN3O2S. The molecule has 1 aliphatic rings. The lowest BCUT2D eigenvalue weighted by atomic mass is 10.2. The number of carbonyl (C=O) groups excluding carboxylic acids is 2. The molecule has 1 atom stereocenters. The molecule has 0 saturated heterocycles. The van der Waals surface area contributed by atoms with Gasteiger partial charge in [0.25, 0.3) is 0 Å². The summed E-state index contributed by atoms with van der Waals surface area (Å²) in [6, 6.07) is 9.65. The molecule has 7 heteroatoms. The number of rotatable bonds is 4. The number of hydrogen-bond acceptors (Lipinski definition) is 4. The zero-order valence-electron chi connectivity index (χ0n) is 13.0. The maximum Gasteiger partial charge on any atom is 0.240 e. The van der Waals surface area contributed by atoms with E-state index in [4.69, 9.17) is 0 Å². The molecule has 1 aliphatic heterocycles. The van der Waals surface area contributed by atoms with Crippen molar-refractivity contribution in [2.24, 2.45) is 0 Å². The van der Waals surface area contributed by atoms with Gasteiger partial charge in [0.1, 0.15) is 10.8 Å². The molecule has 1 aromatic carbocycles. The summed E-state index contributed by atoms with van der Waals surface area (Å²) < 4.78 is 13.1. The summed E-state index contributed by atoms with van der Waals surface area (Å²) in [5.74, 6) is -0.719. The summed E-state index contributed by atoms with van der Waals surface area (Å²) in [5, 5.41) is 2.95. The van der Waals surface area contributed by atoms with Crippen LogP contribution in [0.1, 0.15) is 12.0 Å². The number of carbonyl (C=O) groups is 2. The van der Waals surface area contributed by atoms with Gasteiger partial charge in [0.05, 0.1) is 10.9 Å². The molecule has 124 valence electrons. The first-order chi connectivity index (χ1) is 11.5. The maximum absolute atomic E-state index is 13.1. The SMILES string of the molecule is CN1C(=O)[C@@H](CC(=O)NCc2cccc(F)c2)Sc2ncccc21. The Hall–Kier alpha value is -2.41. The molecule has 1 aromatic heterocycles. The van der Waals surface area contributed by atoms with Crippen molar-refractivity contribution in [2.45, 2.75) is 23.2 Å². The highest BCUT2D eigenvalue weighted by atomic mass is 32.2. The first-order valence-electron chi connectivity index (χ1n) is 7.45. The van der Waals surface area contributed by atoms with E-state index in [9.17, 15) is 14.0 Å². The van der Waals surface area contributed by atoms with Crippen LogP contribution < -0.4 is 10.2 Å². The Morgan fingerprint density at radius 1 is 1.38 bits per heavy atom. The number of halogens is 1. The van der Waals surface area contributed by atoms with E-state index in [1.807, 2.05) is 6.07 Å². The zero-order chi connectivity index (χ0) is 17.1. The molecule has 24 heavy (non-hydrogen) atoms. The van der Waals surface area contributed by atoms with Crippen LogP contribution in [-0.2, 0) is 16.1 Å². The van der Waals surface area contributed by atoms with Crippen LogP contribution in [0.25, 0.3) is 0 Å². The number of benzene rings is 1. The summed E-state index contributed by atoms with van der Waals surface area (Å²) in [4.78, 5) is 30.3. The quantitative estimate of drug-likeness (QED) is 0.924. The van der Waals surface area contributed by atoms with E-state index in [0.717, 1.165) is 10.7 Å². The van der Waals surface area contributed by atoms with Gasteiger partial charge in [-0.2, -0.15) is 0 Å². The van der Waals surface area contributed by atoms with Crippen LogP contribution in [0.5, 0.6) is 0 Å². The van der Waals surface area contributed by atoms with Gasteiger partial charge in [0.2, 0.25) is 11.8 Å². The first-order valence-corrected chi connectivity index (χ1v) is 8.33. The minimum atomic E-state index is -0.509. The Kier molecular flexibility index (Phi) is 4.80. The van der Waals surface area contributed by atoms with Crippen molar-refractivity contribution in [3.63, 3.8) is 0 Å². The maximum atomic E-state index is 13.1. The second-order valence-corrected chi connectivity index (χ2v) is 6.63. The molecule has 0 radical (unpaired) electrons. The van der Waals surface area contributed by atoms with Crippen molar-refractivity contribution in [1.82, 2.24) is 10.3 Å². The van der Waals surface area contributed by atoms with Crippen LogP contribution in [0, 0.1) is 5.82 Å².